The Morgan fingerprint density at radius 2 is 2.00 bits per heavy atom. The number of hydrogen-bond donors (Lipinski definition) is 1. The summed E-state index contributed by atoms with van der Waals surface area (Å²) >= 11 is 0. The second kappa shape index (κ2) is 9.31. The second-order valence-corrected chi connectivity index (χ2v) is 8.18. The highest BCUT2D eigenvalue weighted by atomic mass is 32.2. The molecule has 0 radical (unpaired) electrons. The van der Waals surface area contributed by atoms with Crippen molar-refractivity contribution in [1.29, 1.82) is 0 Å². The lowest BCUT2D eigenvalue weighted by Crippen LogP contribution is -2.41. The van der Waals surface area contributed by atoms with Gasteiger partial charge in [0.05, 0.1) is 4.90 Å². The number of benzene rings is 1. The van der Waals surface area contributed by atoms with Gasteiger partial charge in [-0.1, -0.05) is 6.42 Å². The zero-order valence-electron chi connectivity index (χ0n) is 15.0. The number of carbonyl (C=O) groups excluding carboxylic acids is 1. The smallest absolute Gasteiger partial charge is 0.251 e. The summed E-state index contributed by atoms with van der Waals surface area (Å²) in [5.74, 6) is -0.202. The molecule has 1 saturated heterocycles. The average Bonchev–Trinajstić information content (AvgIpc) is 2.61. The van der Waals surface area contributed by atoms with Gasteiger partial charge in [-0.3, -0.25) is 4.79 Å². The summed E-state index contributed by atoms with van der Waals surface area (Å²) in [6, 6.07) is 6.20. The molecular weight excluding hydrogens is 340 g/mol. The number of ether oxygens (including phenoxy) is 1. The Kier molecular flexibility index (Phi) is 7.40. The van der Waals surface area contributed by atoms with E-state index in [9.17, 15) is 13.2 Å². The molecule has 0 bridgehead atoms. The normalized spacial score (nSPS) is 18.9. The second-order valence-electron chi connectivity index (χ2n) is 6.29. The minimum Gasteiger partial charge on any atom is -0.382 e. The van der Waals surface area contributed by atoms with Crippen molar-refractivity contribution in [1.82, 2.24) is 9.62 Å². The van der Waals surface area contributed by atoms with Crippen LogP contribution in [0.15, 0.2) is 29.2 Å². The summed E-state index contributed by atoms with van der Waals surface area (Å²) in [4.78, 5) is 12.3. The lowest BCUT2D eigenvalue weighted by atomic mass is 10.1. The molecule has 1 unspecified atom stereocenters. The Balaban J connectivity index is 1.97. The fraction of sp³-hybridized carbons (Fsp3) is 0.611. The Morgan fingerprint density at radius 1 is 1.28 bits per heavy atom. The first kappa shape index (κ1) is 19.9. The molecule has 1 aromatic rings. The van der Waals surface area contributed by atoms with Gasteiger partial charge in [0.2, 0.25) is 10.0 Å². The molecule has 1 heterocycles. The van der Waals surface area contributed by atoms with E-state index in [2.05, 4.69) is 5.32 Å². The fourth-order valence-electron chi connectivity index (χ4n) is 2.97. The van der Waals surface area contributed by atoms with Crippen LogP contribution in [-0.2, 0) is 14.8 Å². The van der Waals surface area contributed by atoms with E-state index in [0.29, 0.717) is 31.9 Å². The van der Waals surface area contributed by atoms with Gasteiger partial charge < -0.3 is 10.1 Å². The maximum absolute atomic E-state index is 12.8. The van der Waals surface area contributed by atoms with Crippen LogP contribution in [0.4, 0.5) is 0 Å². The lowest BCUT2D eigenvalue weighted by Gasteiger charge is -2.32. The monoisotopic (exact) mass is 368 g/mol. The van der Waals surface area contributed by atoms with Crippen LogP contribution in [0.5, 0.6) is 0 Å². The number of rotatable bonds is 8. The molecule has 1 aliphatic rings. The number of carbonyl (C=O) groups is 1. The lowest BCUT2D eigenvalue weighted by molar-refractivity contribution is 0.0944. The van der Waals surface area contributed by atoms with Crippen molar-refractivity contribution in [3.05, 3.63) is 29.8 Å². The van der Waals surface area contributed by atoms with Gasteiger partial charge >= 0.3 is 0 Å². The first-order valence-corrected chi connectivity index (χ1v) is 10.4. The third-order valence-electron chi connectivity index (χ3n) is 4.42. The summed E-state index contributed by atoms with van der Waals surface area (Å²) in [5, 5.41) is 2.81. The molecule has 0 aliphatic carbocycles. The summed E-state index contributed by atoms with van der Waals surface area (Å²) in [7, 11) is -3.50. The van der Waals surface area contributed by atoms with Crippen molar-refractivity contribution in [3.63, 3.8) is 0 Å². The summed E-state index contributed by atoms with van der Waals surface area (Å²) in [6.45, 7) is 6.25. The Morgan fingerprint density at radius 3 is 2.64 bits per heavy atom. The van der Waals surface area contributed by atoms with Crippen LogP contribution in [-0.4, -0.2) is 51.0 Å². The van der Waals surface area contributed by atoms with Crippen LogP contribution in [0.3, 0.4) is 0 Å². The molecule has 0 spiro atoms. The molecule has 1 N–H and O–H groups in total. The molecule has 6 nitrogen and oxygen atoms in total. The molecule has 0 saturated carbocycles. The van der Waals surface area contributed by atoms with Gasteiger partial charge in [-0.25, -0.2) is 8.42 Å². The van der Waals surface area contributed by atoms with Crippen LogP contribution in [0, 0.1) is 0 Å². The third kappa shape index (κ3) is 5.26. The molecule has 25 heavy (non-hydrogen) atoms. The minimum atomic E-state index is -3.50. The van der Waals surface area contributed by atoms with Crippen molar-refractivity contribution in [2.45, 2.75) is 50.5 Å². The van der Waals surface area contributed by atoms with E-state index in [0.717, 1.165) is 25.7 Å². The number of hydrogen-bond acceptors (Lipinski definition) is 4. The number of nitrogens with zero attached hydrogens (tertiary/aromatic N) is 1. The molecule has 1 aromatic carbocycles. The van der Waals surface area contributed by atoms with E-state index in [1.807, 2.05) is 13.8 Å². The molecule has 1 fully saturated rings. The molecule has 7 heteroatoms. The van der Waals surface area contributed by atoms with E-state index in [4.69, 9.17) is 4.74 Å². The maximum Gasteiger partial charge on any atom is 0.251 e. The molecule has 1 amide bonds. The Bertz CT molecular complexity index is 658. The fourth-order valence-corrected chi connectivity index (χ4v) is 4.66. The van der Waals surface area contributed by atoms with Crippen molar-refractivity contribution < 1.29 is 17.9 Å². The number of piperidine rings is 1. The van der Waals surface area contributed by atoms with Crippen molar-refractivity contribution in [3.8, 4) is 0 Å². The quantitative estimate of drug-likeness (QED) is 0.715. The standard InChI is InChI=1S/C18H28N2O4S/c1-3-24-14-6-12-19-18(21)16-8-10-17(11-9-16)25(22,23)20-13-5-4-7-15(20)2/h8-11,15H,3-7,12-14H2,1-2H3,(H,19,21). The van der Waals surface area contributed by atoms with Crippen LogP contribution in [0.25, 0.3) is 0 Å². The van der Waals surface area contributed by atoms with Crippen LogP contribution < -0.4 is 5.32 Å². The Hall–Kier alpha value is -1.44. The van der Waals surface area contributed by atoms with Gasteiger partial charge in [0.1, 0.15) is 0 Å². The predicted molar refractivity (Wildman–Crippen MR) is 97.1 cm³/mol. The van der Waals surface area contributed by atoms with Crippen molar-refractivity contribution in [2.24, 2.45) is 0 Å². The van der Waals surface area contributed by atoms with E-state index >= 15 is 0 Å². The van der Waals surface area contributed by atoms with Gasteiger partial charge in [-0.15, -0.1) is 0 Å². The third-order valence-corrected chi connectivity index (χ3v) is 6.45. The van der Waals surface area contributed by atoms with E-state index in [1.54, 1.807) is 16.4 Å². The zero-order valence-corrected chi connectivity index (χ0v) is 15.8. The van der Waals surface area contributed by atoms with Gasteiger partial charge in [0, 0.05) is 37.9 Å². The summed E-state index contributed by atoms with van der Waals surface area (Å²) < 4.78 is 32.3. The van der Waals surface area contributed by atoms with Gasteiger partial charge in [-0.2, -0.15) is 4.31 Å². The maximum atomic E-state index is 12.8. The van der Waals surface area contributed by atoms with Crippen LogP contribution in [0.1, 0.15) is 49.9 Å². The van der Waals surface area contributed by atoms with E-state index in [-0.39, 0.29) is 16.8 Å². The predicted octanol–water partition coefficient (Wildman–Crippen LogP) is 2.41. The SMILES string of the molecule is CCOCCCNC(=O)c1ccc(S(=O)(=O)N2CCCCC2C)cc1. The van der Waals surface area contributed by atoms with Crippen molar-refractivity contribution in [2.75, 3.05) is 26.3 Å². The number of amides is 1. The van der Waals surface area contributed by atoms with E-state index < -0.39 is 10.0 Å². The zero-order chi connectivity index (χ0) is 18.3. The topological polar surface area (TPSA) is 75.7 Å². The van der Waals surface area contributed by atoms with E-state index in [1.165, 1.54) is 12.1 Å². The first-order valence-electron chi connectivity index (χ1n) is 8.94. The van der Waals surface area contributed by atoms with Gasteiger partial charge in [-0.05, 0) is 57.4 Å². The van der Waals surface area contributed by atoms with Crippen LogP contribution >= 0.6 is 0 Å². The Labute approximate surface area is 150 Å². The minimum absolute atomic E-state index is 0.0204. The highest BCUT2D eigenvalue weighted by Gasteiger charge is 2.30. The van der Waals surface area contributed by atoms with Gasteiger partial charge in [0.25, 0.3) is 5.91 Å². The molecule has 2 rings (SSSR count). The molecule has 1 aliphatic heterocycles. The van der Waals surface area contributed by atoms with Gasteiger partial charge in [0.15, 0.2) is 0 Å². The number of nitrogens with one attached hydrogen (secondary N) is 1. The summed E-state index contributed by atoms with van der Waals surface area (Å²) in [5.41, 5.74) is 0.460. The highest BCUT2D eigenvalue weighted by molar-refractivity contribution is 7.89. The highest BCUT2D eigenvalue weighted by Crippen LogP contribution is 2.25. The molecular formula is C18H28N2O4S. The van der Waals surface area contributed by atoms with Crippen molar-refractivity contribution >= 4 is 15.9 Å². The molecule has 0 aromatic heterocycles. The van der Waals surface area contributed by atoms with Crippen LogP contribution in [0.2, 0.25) is 0 Å². The average molecular weight is 368 g/mol. The first-order chi connectivity index (χ1) is 12.0. The number of sulfonamides is 1. The molecule has 140 valence electrons. The molecule has 1 atom stereocenters. The summed E-state index contributed by atoms with van der Waals surface area (Å²) in [6.07, 6.45) is 3.60. The largest absolute Gasteiger partial charge is 0.382 e.